The molecular weight excluding hydrogens is 314 g/mol. The zero-order valence-electron chi connectivity index (χ0n) is 16.8. The first-order valence-corrected chi connectivity index (χ1v) is 9.59. The number of benzene rings is 2. The van der Waals surface area contributed by atoms with Crippen LogP contribution in [0.2, 0.25) is 0 Å². The molecule has 0 unspecified atom stereocenters. The summed E-state index contributed by atoms with van der Waals surface area (Å²) in [4.78, 5) is 0. The average molecular weight is 343 g/mol. The van der Waals surface area contributed by atoms with Crippen molar-refractivity contribution in [3.05, 3.63) is 76.0 Å². The van der Waals surface area contributed by atoms with Crippen molar-refractivity contribution in [3.63, 3.8) is 0 Å². The van der Waals surface area contributed by atoms with Crippen LogP contribution in [0, 0.1) is 20.8 Å². The lowest BCUT2D eigenvalue weighted by atomic mass is 9.92. The summed E-state index contributed by atoms with van der Waals surface area (Å²) in [6.07, 6.45) is 3.35. The number of rotatable bonds is 2. The van der Waals surface area contributed by atoms with E-state index in [1.807, 2.05) is 0 Å². The van der Waals surface area contributed by atoms with Crippen LogP contribution in [-0.2, 0) is 13.5 Å². The molecule has 3 aromatic rings. The molecule has 0 radical (unpaired) electrons. The van der Waals surface area contributed by atoms with Crippen molar-refractivity contribution < 1.29 is 4.57 Å². The van der Waals surface area contributed by atoms with Crippen molar-refractivity contribution in [1.29, 1.82) is 0 Å². The SMILES string of the molecule is Cc1ccc2c(c1)-c1ccc(C)c(-c3cc(C)c(C(C)C)c[n+]3C)c1C2. The van der Waals surface area contributed by atoms with Gasteiger partial charge in [0.2, 0.25) is 5.69 Å². The zero-order valence-corrected chi connectivity index (χ0v) is 16.8. The predicted octanol–water partition coefficient (Wildman–Crippen LogP) is 5.80. The first kappa shape index (κ1) is 17.0. The van der Waals surface area contributed by atoms with E-state index in [2.05, 4.69) is 88.8 Å². The summed E-state index contributed by atoms with van der Waals surface area (Å²) >= 11 is 0. The van der Waals surface area contributed by atoms with Crippen molar-refractivity contribution >= 4 is 0 Å². The Kier molecular flexibility index (Phi) is 3.99. The Labute approximate surface area is 157 Å². The molecule has 0 spiro atoms. The van der Waals surface area contributed by atoms with Gasteiger partial charge in [-0.15, -0.1) is 0 Å². The Morgan fingerprint density at radius 2 is 1.65 bits per heavy atom. The maximum atomic E-state index is 2.38. The van der Waals surface area contributed by atoms with E-state index in [0.29, 0.717) is 5.92 Å². The predicted molar refractivity (Wildman–Crippen MR) is 110 cm³/mol. The monoisotopic (exact) mass is 342 g/mol. The summed E-state index contributed by atoms with van der Waals surface area (Å²) < 4.78 is 2.32. The first-order valence-electron chi connectivity index (χ1n) is 9.59. The second-order valence-electron chi connectivity index (χ2n) is 8.18. The molecule has 0 saturated heterocycles. The van der Waals surface area contributed by atoms with E-state index in [0.717, 1.165) is 6.42 Å². The van der Waals surface area contributed by atoms with Gasteiger partial charge in [0.1, 0.15) is 7.05 Å². The summed E-state index contributed by atoms with van der Waals surface area (Å²) in [7, 11) is 2.19. The highest BCUT2D eigenvalue weighted by Gasteiger charge is 2.27. The van der Waals surface area contributed by atoms with Crippen LogP contribution in [0.3, 0.4) is 0 Å². The van der Waals surface area contributed by atoms with E-state index in [1.165, 1.54) is 55.8 Å². The fraction of sp³-hybridized carbons (Fsp3) is 0.320. The molecule has 0 N–H and O–H groups in total. The van der Waals surface area contributed by atoms with E-state index >= 15 is 0 Å². The van der Waals surface area contributed by atoms with Gasteiger partial charge in [0.15, 0.2) is 6.20 Å². The summed E-state index contributed by atoms with van der Waals surface area (Å²) in [5.74, 6) is 0.546. The van der Waals surface area contributed by atoms with Gasteiger partial charge in [0, 0.05) is 11.6 Å². The fourth-order valence-corrected chi connectivity index (χ4v) is 4.47. The average Bonchev–Trinajstić information content (AvgIpc) is 2.94. The molecule has 1 heterocycles. The number of aromatic nitrogens is 1. The number of aryl methyl sites for hydroxylation is 4. The molecule has 26 heavy (non-hydrogen) atoms. The smallest absolute Gasteiger partial charge is 0.201 e. The van der Waals surface area contributed by atoms with Crippen LogP contribution in [0.25, 0.3) is 22.4 Å². The fourth-order valence-electron chi connectivity index (χ4n) is 4.47. The minimum Gasteiger partial charge on any atom is -0.201 e. The molecule has 0 atom stereocenters. The number of fused-ring (bicyclic) bond motifs is 3. The topological polar surface area (TPSA) is 3.88 Å². The number of pyridine rings is 1. The summed E-state index contributed by atoms with van der Waals surface area (Å²) in [6, 6.07) is 13.9. The highest BCUT2D eigenvalue weighted by Crippen LogP contribution is 2.43. The van der Waals surface area contributed by atoms with Gasteiger partial charge in [0.05, 0.1) is 5.56 Å². The largest absolute Gasteiger partial charge is 0.213 e. The molecule has 0 fully saturated rings. The van der Waals surface area contributed by atoms with Crippen molar-refractivity contribution in [2.45, 2.75) is 47.0 Å². The minimum atomic E-state index is 0.546. The molecule has 4 rings (SSSR count). The molecule has 2 aromatic carbocycles. The summed E-state index contributed by atoms with van der Waals surface area (Å²) in [5.41, 5.74) is 14.0. The van der Waals surface area contributed by atoms with Crippen LogP contribution in [0.15, 0.2) is 42.6 Å². The van der Waals surface area contributed by atoms with Gasteiger partial charge in [-0.25, -0.2) is 4.57 Å². The van der Waals surface area contributed by atoms with E-state index in [1.54, 1.807) is 0 Å². The van der Waals surface area contributed by atoms with E-state index < -0.39 is 0 Å². The Balaban J connectivity index is 1.95. The first-order chi connectivity index (χ1) is 12.4. The molecule has 1 nitrogen and oxygen atoms in total. The van der Waals surface area contributed by atoms with Gasteiger partial charge in [-0.05, 0) is 66.5 Å². The summed E-state index contributed by atoms with van der Waals surface area (Å²) in [5, 5.41) is 0. The standard InChI is InChI=1S/C25H28N/c1-15(2)23-14-26(6)24(12-18(23)5)25-17(4)8-10-20-21-11-16(3)7-9-19(21)13-22(20)25/h7-12,14-15H,13H2,1-6H3/q+1. The van der Waals surface area contributed by atoms with Crippen LogP contribution in [-0.4, -0.2) is 0 Å². The Morgan fingerprint density at radius 3 is 2.38 bits per heavy atom. The highest BCUT2D eigenvalue weighted by molar-refractivity contribution is 5.85. The van der Waals surface area contributed by atoms with E-state index in [-0.39, 0.29) is 0 Å². The van der Waals surface area contributed by atoms with E-state index in [4.69, 9.17) is 0 Å². The van der Waals surface area contributed by atoms with Crippen molar-refractivity contribution in [2.75, 3.05) is 0 Å². The molecule has 0 aliphatic heterocycles. The summed E-state index contributed by atoms with van der Waals surface area (Å²) in [6.45, 7) is 11.2. The molecular formula is C25H28N+. The highest BCUT2D eigenvalue weighted by atomic mass is 14.9. The third-order valence-corrected chi connectivity index (χ3v) is 5.84. The molecule has 0 bridgehead atoms. The molecule has 0 amide bonds. The lowest BCUT2D eigenvalue weighted by Gasteiger charge is -2.14. The van der Waals surface area contributed by atoms with Gasteiger partial charge in [0.25, 0.3) is 0 Å². The molecule has 0 saturated carbocycles. The minimum absolute atomic E-state index is 0.546. The van der Waals surface area contributed by atoms with Gasteiger partial charge in [-0.1, -0.05) is 49.7 Å². The van der Waals surface area contributed by atoms with E-state index in [9.17, 15) is 0 Å². The third-order valence-electron chi connectivity index (χ3n) is 5.84. The third kappa shape index (κ3) is 2.58. The molecule has 132 valence electrons. The van der Waals surface area contributed by atoms with Gasteiger partial charge < -0.3 is 0 Å². The van der Waals surface area contributed by atoms with Crippen molar-refractivity contribution in [2.24, 2.45) is 7.05 Å². The van der Waals surface area contributed by atoms with Crippen LogP contribution in [0.4, 0.5) is 0 Å². The van der Waals surface area contributed by atoms with Crippen molar-refractivity contribution in [3.8, 4) is 22.4 Å². The Hall–Kier alpha value is -2.41. The lowest BCUT2D eigenvalue weighted by molar-refractivity contribution is -0.661. The normalized spacial score (nSPS) is 12.4. The maximum Gasteiger partial charge on any atom is 0.213 e. The molecule has 1 heteroatoms. The Morgan fingerprint density at radius 1 is 0.885 bits per heavy atom. The number of nitrogens with zero attached hydrogens (tertiary/aromatic N) is 1. The van der Waals surface area contributed by atoms with Crippen LogP contribution in [0.5, 0.6) is 0 Å². The number of hydrogen-bond acceptors (Lipinski definition) is 0. The van der Waals surface area contributed by atoms with Gasteiger partial charge >= 0.3 is 0 Å². The van der Waals surface area contributed by atoms with Crippen LogP contribution < -0.4 is 4.57 Å². The quantitative estimate of drug-likeness (QED) is 0.405. The van der Waals surface area contributed by atoms with Crippen LogP contribution >= 0.6 is 0 Å². The second kappa shape index (κ2) is 6.09. The van der Waals surface area contributed by atoms with Crippen LogP contribution in [0.1, 0.15) is 53.1 Å². The number of hydrogen-bond donors (Lipinski definition) is 0. The zero-order chi connectivity index (χ0) is 18.6. The maximum absolute atomic E-state index is 2.38. The molecule has 1 aromatic heterocycles. The Bertz CT molecular complexity index is 1020. The van der Waals surface area contributed by atoms with Gasteiger partial charge in [-0.2, -0.15) is 0 Å². The second-order valence-corrected chi connectivity index (χ2v) is 8.18. The molecule has 1 aliphatic rings. The van der Waals surface area contributed by atoms with Crippen molar-refractivity contribution in [1.82, 2.24) is 0 Å². The van der Waals surface area contributed by atoms with Gasteiger partial charge in [-0.3, -0.25) is 0 Å². The molecule has 1 aliphatic carbocycles. The lowest BCUT2D eigenvalue weighted by Crippen LogP contribution is -2.32.